The molecule has 0 radical (unpaired) electrons. The highest BCUT2D eigenvalue weighted by atomic mass is 16.5. The zero-order valence-corrected chi connectivity index (χ0v) is 15.3. The number of ketones is 1. The van der Waals surface area contributed by atoms with Crippen LogP contribution in [0.1, 0.15) is 29.8 Å². The highest BCUT2D eigenvalue weighted by Gasteiger charge is 2.07. The van der Waals surface area contributed by atoms with Gasteiger partial charge in [-0.15, -0.1) is 0 Å². The van der Waals surface area contributed by atoms with Crippen LogP contribution in [0.15, 0.2) is 48.5 Å². The van der Waals surface area contributed by atoms with Crippen molar-refractivity contribution in [3.63, 3.8) is 0 Å². The van der Waals surface area contributed by atoms with Gasteiger partial charge >= 0.3 is 0 Å². The summed E-state index contributed by atoms with van der Waals surface area (Å²) in [4.78, 5) is 34.7. The van der Waals surface area contributed by atoms with Crippen LogP contribution in [0.25, 0.3) is 0 Å². The number of amides is 2. The van der Waals surface area contributed by atoms with Crippen molar-refractivity contribution in [1.29, 1.82) is 0 Å². The van der Waals surface area contributed by atoms with Crippen LogP contribution in [0.3, 0.4) is 0 Å². The summed E-state index contributed by atoms with van der Waals surface area (Å²) >= 11 is 0. The maximum Gasteiger partial charge on any atom is 0.276 e. The third-order valence-electron chi connectivity index (χ3n) is 3.65. The standard InChI is InChI=1S/C20H22N2O5/c1-3-15-7-9-17(10-8-15)26-12-19(24)21-22-20(25)13-27-18-6-4-5-16(11-18)14(2)23/h4-11H,3,12-13H2,1-2H3,(H,21,24)(H,22,25). The summed E-state index contributed by atoms with van der Waals surface area (Å²) < 4.78 is 10.6. The number of benzene rings is 2. The van der Waals surface area contributed by atoms with E-state index in [1.807, 2.05) is 12.1 Å². The summed E-state index contributed by atoms with van der Waals surface area (Å²) in [6, 6.07) is 13.9. The van der Waals surface area contributed by atoms with E-state index in [9.17, 15) is 14.4 Å². The molecule has 0 saturated heterocycles. The van der Waals surface area contributed by atoms with Crippen LogP contribution in [0.2, 0.25) is 0 Å². The van der Waals surface area contributed by atoms with Crippen LogP contribution < -0.4 is 20.3 Å². The first-order valence-corrected chi connectivity index (χ1v) is 8.51. The number of Topliss-reactive ketones (excluding diaryl/α,β-unsaturated/α-hetero) is 1. The molecule has 7 heteroatoms. The highest BCUT2D eigenvalue weighted by molar-refractivity contribution is 5.94. The van der Waals surface area contributed by atoms with Crippen molar-refractivity contribution in [1.82, 2.24) is 10.9 Å². The van der Waals surface area contributed by atoms with E-state index in [-0.39, 0.29) is 19.0 Å². The first-order chi connectivity index (χ1) is 13.0. The molecule has 0 spiro atoms. The predicted octanol–water partition coefficient (Wildman–Crippen LogP) is 2.06. The molecule has 2 aromatic carbocycles. The second kappa shape index (κ2) is 9.96. The number of ether oxygens (including phenoxy) is 2. The maximum absolute atomic E-state index is 11.7. The van der Waals surface area contributed by atoms with Crippen molar-refractivity contribution >= 4 is 17.6 Å². The molecule has 7 nitrogen and oxygen atoms in total. The molecule has 0 aliphatic carbocycles. The fourth-order valence-electron chi connectivity index (χ4n) is 2.14. The zero-order chi connectivity index (χ0) is 19.6. The Hall–Kier alpha value is -3.35. The summed E-state index contributed by atoms with van der Waals surface area (Å²) in [5.74, 6) is -0.169. The van der Waals surface area contributed by atoms with E-state index in [1.165, 1.54) is 12.5 Å². The van der Waals surface area contributed by atoms with E-state index in [0.717, 1.165) is 6.42 Å². The van der Waals surface area contributed by atoms with Gasteiger partial charge in [-0.1, -0.05) is 31.2 Å². The Bertz CT molecular complexity index is 802. The van der Waals surface area contributed by atoms with Gasteiger partial charge in [0.1, 0.15) is 11.5 Å². The van der Waals surface area contributed by atoms with E-state index >= 15 is 0 Å². The van der Waals surface area contributed by atoms with Crippen molar-refractivity contribution < 1.29 is 23.9 Å². The Labute approximate surface area is 157 Å². The number of rotatable bonds is 8. The van der Waals surface area contributed by atoms with Crippen LogP contribution in [-0.4, -0.2) is 30.8 Å². The quantitative estimate of drug-likeness (QED) is 0.548. The summed E-state index contributed by atoms with van der Waals surface area (Å²) in [6.07, 6.45) is 0.925. The van der Waals surface area contributed by atoms with E-state index in [0.29, 0.717) is 17.1 Å². The molecule has 0 aliphatic rings. The summed E-state index contributed by atoms with van der Waals surface area (Å²) in [5.41, 5.74) is 6.14. The predicted molar refractivity (Wildman–Crippen MR) is 99.5 cm³/mol. The van der Waals surface area contributed by atoms with Gasteiger partial charge in [0, 0.05) is 5.56 Å². The smallest absolute Gasteiger partial charge is 0.276 e. The van der Waals surface area contributed by atoms with Crippen molar-refractivity contribution in [2.75, 3.05) is 13.2 Å². The third kappa shape index (κ3) is 6.81. The molecule has 2 rings (SSSR count). The average Bonchev–Trinajstić information content (AvgIpc) is 2.69. The molecule has 2 amide bonds. The van der Waals surface area contributed by atoms with E-state index in [4.69, 9.17) is 9.47 Å². The first-order valence-electron chi connectivity index (χ1n) is 8.51. The van der Waals surface area contributed by atoms with Crippen LogP contribution in [-0.2, 0) is 16.0 Å². The van der Waals surface area contributed by atoms with Gasteiger partial charge in [-0.2, -0.15) is 0 Å². The summed E-state index contributed by atoms with van der Waals surface area (Å²) in [5, 5.41) is 0. The minimum atomic E-state index is -0.538. The molecule has 0 fully saturated rings. The van der Waals surface area contributed by atoms with Crippen LogP contribution in [0.5, 0.6) is 11.5 Å². The molecular formula is C20H22N2O5. The normalized spacial score (nSPS) is 10.0. The Kier molecular flexibility index (Phi) is 7.37. The molecule has 0 aliphatic heterocycles. The van der Waals surface area contributed by atoms with Crippen molar-refractivity contribution in [3.8, 4) is 11.5 Å². The van der Waals surface area contributed by atoms with Gasteiger partial charge in [0.2, 0.25) is 0 Å². The molecule has 2 N–H and O–H groups in total. The van der Waals surface area contributed by atoms with Gasteiger partial charge < -0.3 is 9.47 Å². The number of hydrazine groups is 1. The number of hydrogen-bond acceptors (Lipinski definition) is 5. The molecule has 27 heavy (non-hydrogen) atoms. The van der Waals surface area contributed by atoms with Crippen LogP contribution >= 0.6 is 0 Å². The number of carbonyl (C=O) groups excluding carboxylic acids is 3. The molecule has 0 aromatic heterocycles. The summed E-state index contributed by atoms with van der Waals surface area (Å²) in [7, 11) is 0. The lowest BCUT2D eigenvalue weighted by Gasteiger charge is -2.10. The van der Waals surface area contributed by atoms with E-state index < -0.39 is 11.8 Å². The number of carbonyl (C=O) groups is 3. The lowest BCUT2D eigenvalue weighted by Crippen LogP contribution is -2.45. The number of hydrogen-bond donors (Lipinski definition) is 2. The van der Waals surface area contributed by atoms with E-state index in [2.05, 4.69) is 17.8 Å². The highest BCUT2D eigenvalue weighted by Crippen LogP contribution is 2.13. The second-order valence-corrected chi connectivity index (χ2v) is 5.76. The van der Waals surface area contributed by atoms with Gasteiger partial charge in [-0.25, -0.2) is 0 Å². The molecule has 0 bridgehead atoms. The van der Waals surface area contributed by atoms with Gasteiger partial charge in [-0.3, -0.25) is 25.2 Å². The van der Waals surface area contributed by atoms with Gasteiger partial charge in [0.25, 0.3) is 11.8 Å². The fourth-order valence-corrected chi connectivity index (χ4v) is 2.14. The Morgan fingerprint density at radius 1 is 0.852 bits per heavy atom. The molecular weight excluding hydrogens is 348 g/mol. The van der Waals surface area contributed by atoms with Crippen molar-refractivity contribution in [2.24, 2.45) is 0 Å². The van der Waals surface area contributed by atoms with E-state index in [1.54, 1.807) is 36.4 Å². The van der Waals surface area contributed by atoms with Crippen molar-refractivity contribution in [3.05, 3.63) is 59.7 Å². The molecule has 0 unspecified atom stereocenters. The van der Waals surface area contributed by atoms with Crippen LogP contribution in [0.4, 0.5) is 0 Å². The fraction of sp³-hybridized carbons (Fsp3) is 0.250. The maximum atomic E-state index is 11.7. The second-order valence-electron chi connectivity index (χ2n) is 5.76. The monoisotopic (exact) mass is 370 g/mol. The molecule has 0 heterocycles. The largest absolute Gasteiger partial charge is 0.484 e. The summed E-state index contributed by atoms with van der Waals surface area (Å²) in [6.45, 7) is 2.96. The third-order valence-corrected chi connectivity index (χ3v) is 3.65. The molecule has 0 saturated carbocycles. The first kappa shape index (κ1) is 20.0. The molecule has 0 atom stereocenters. The number of nitrogens with one attached hydrogen (secondary N) is 2. The average molecular weight is 370 g/mol. The Morgan fingerprint density at radius 3 is 2.00 bits per heavy atom. The van der Waals surface area contributed by atoms with Gasteiger partial charge in [-0.05, 0) is 43.2 Å². The zero-order valence-electron chi connectivity index (χ0n) is 15.3. The minimum absolute atomic E-state index is 0.0958. The van der Waals surface area contributed by atoms with Gasteiger partial charge in [0.05, 0.1) is 0 Å². The Balaban J connectivity index is 1.69. The van der Waals surface area contributed by atoms with Crippen LogP contribution in [0, 0.1) is 0 Å². The lowest BCUT2D eigenvalue weighted by molar-refractivity contribution is -0.131. The molecule has 2 aromatic rings. The molecule has 142 valence electrons. The Morgan fingerprint density at radius 2 is 1.44 bits per heavy atom. The minimum Gasteiger partial charge on any atom is -0.484 e. The number of aryl methyl sites for hydroxylation is 1. The van der Waals surface area contributed by atoms with Gasteiger partial charge in [0.15, 0.2) is 19.0 Å². The lowest BCUT2D eigenvalue weighted by atomic mass is 10.1. The van der Waals surface area contributed by atoms with Crippen molar-refractivity contribution in [2.45, 2.75) is 20.3 Å². The topological polar surface area (TPSA) is 93.7 Å². The SMILES string of the molecule is CCc1ccc(OCC(=O)NNC(=O)COc2cccc(C(C)=O)c2)cc1.